The van der Waals surface area contributed by atoms with E-state index in [-0.39, 0.29) is 5.91 Å². The van der Waals surface area contributed by atoms with E-state index in [1.807, 2.05) is 26.0 Å². The number of anilines is 1. The standard InChI is InChI=1S/C16H28N4O/c1-4-7-11-20(12-9-17)14-8-10-18-15(13-14)16(21)19(5-2)6-3/h8,10,13H,4-7,9,11-12,17H2,1-3H3. The molecule has 5 nitrogen and oxygen atoms in total. The third-order valence-corrected chi connectivity index (χ3v) is 3.56. The van der Waals surface area contributed by atoms with E-state index in [1.165, 1.54) is 0 Å². The number of nitrogens with zero attached hydrogens (tertiary/aromatic N) is 3. The van der Waals surface area contributed by atoms with Gasteiger partial charge in [0, 0.05) is 44.6 Å². The summed E-state index contributed by atoms with van der Waals surface area (Å²) in [6.07, 6.45) is 3.96. The van der Waals surface area contributed by atoms with E-state index < -0.39 is 0 Å². The van der Waals surface area contributed by atoms with Crippen molar-refractivity contribution in [1.82, 2.24) is 9.88 Å². The summed E-state index contributed by atoms with van der Waals surface area (Å²) in [6, 6.07) is 3.83. The second-order valence-electron chi connectivity index (χ2n) is 5.01. The number of nitrogens with two attached hydrogens (primary N) is 1. The highest BCUT2D eigenvalue weighted by Crippen LogP contribution is 2.16. The van der Waals surface area contributed by atoms with E-state index in [0.29, 0.717) is 25.3 Å². The fourth-order valence-corrected chi connectivity index (χ4v) is 2.28. The van der Waals surface area contributed by atoms with Crippen molar-refractivity contribution in [1.29, 1.82) is 0 Å². The number of carbonyl (C=O) groups excluding carboxylic acids is 1. The van der Waals surface area contributed by atoms with Crippen LogP contribution in [0.2, 0.25) is 0 Å². The molecule has 118 valence electrons. The van der Waals surface area contributed by atoms with E-state index in [0.717, 1.165) is 31.6 Å². The number of amides is 1. The van der Waals surface area contributed by atoms with Gasteiger partial charge in [0.2, 0.25) is 0 Å². The van der Waals surface area contributed by atoms with Crippen molar-refractivity contribution in [2.45, 2.75) is 33.6 Å². The second kappa shape index (κ2) is 9.34. The Bertz CT molecular complexity index is 432. The third-order valence-electron chi connectivity index (χ3n) is 3.56. The lowest BCUT2D eigenvalue weighted by atomic mass is 10.2. The van der Waals surface area contributed by atoms with Crippen molar-refractivity contribution in [2.75, 3.05) is 37.6 Å². The first-order chi connectivity index (χ1) is 10.2. The summed E-state index contributed by atoms with van der Waals surface area (Å²) in [5.74, 6) is -0.00922. The molecule has 1 aromatic rings. The Kier molecular flexibility index (Phi) is 7.75. The molecule has 0 aliphatic rings. The van der Waals surface area contributed by atoms with E-state index >= 15 is 0 Å². The van der Waals surface area contributed by atoms with Crippen molar-refractivity contribution >= 4 is 11.6 Å². The molecular weight excluding hydrogens is 264 g/mol. The Morgan fingerprint density at radius 3 is 2.52 bits per heavy atom. The quantitative estimate of drug-likeness (QED) is 0.757. The summed E-state index contributed by atoms with van der Waals surface area (Å²) in [5.41, 5.74) is 7.23. The molecule has 0 aliphatic heterocycles. The van der Waals surface area contributed by atoms with Gasteiger partial charge in [-0.3, -0.25) is 9.78 Å². The molecule has 0 fully saturated rings. The zero-order chi connectivity index (χ0) is 15.7. The molecule has 2 N–H and O–H groups in total. The molecule has 0 atom stereocenters. The van der Waals surface area contributed by atoms with Gasteiger partial charge in [-0.2, -0.15) is 0 Å². The number of aromatic nitrogens is 1. The van der Waals surface area contributed by atoms with Crippen molar-refractivity contribution in [2.24, 2.45) is 5.73 Å². The predicted octanol–water partition coefficient (Wildman–Crippen LogP) is 2.13. The summed E-state index contributed by atoms with van der Waals surface area (Å²) < 4.78 is 0. The van der Waals surface area contributed by atoms with E-state index in [4.69, 9.17) is 5.73 Å². The zero-order valence-electron chi connectivity index (χ0n) is 13.5. The normalized spacial score (nSPS) is 10.5. The number of hydrogen-bond donors (Lipinski definition) is 1. The maximum absolute atomic E-state index is 12.4. The van der Waals surface area contributed by atoms with Gasteiger partial charge in [0.05, 0.1) is 0 Å². The summed E-state index contributed by atoms with van der Waals surface area (Å²) >= 11 is 0. The van der Waals surface area contributed by atoms with Crippen molar-refractivity contribution in [3.05, 3.63) is 24.0 Å². The molecule has 5 heteroatoms. The molecule has 0 saturated carbocycles. The van der Waals surface area contributed by atoms with Crippen molar-refractivity contribution in [3.8, 4) is 0 Å². The topological polar surface area (TPSA) is 62.5 Å². The van der Waals surface area contributed by atoms with Gasteiger partial charge in [0.15, 0.2) is 0 Å². The fraction of sp³-hybridized carbons (Fsp3) is 0.625. The van der Waals surface area contributed by atoms with Crippen LogP contribution < -0.4 is 10.6 Å². The smallest absolute Gasteiger partial charge is 0.272 e. The molecule has 1 amide bonds. The minimum absolute atomic E-state index is 0.00922. The molecular formula is C16H28N4O. The van der Waals surface area contributed by atoms with Crippen molar-refractivity contribution in [3.63, 3.8) is 0 Å². The van der Waals surface area contributed by atoms with E-state index in [1.54, 1.807) is 11.1 Å². The number of pyridine rings is 1. The summed E-state index contributed by atoms with van der Waals surface area (Å²) in [7, 11) is 0. The SMILES string of the molecule is CCCCN(CCN)c1ccnc(C(=O)N(CC)CC)c1. The Balaban J connectivity index is 2.93. The average Bonchev–Trinajstić information content (AvgIpc) is 2.52. The van der Waals surface area contributed by atoms with Crippen LogP contribution in [-0.4, -0.2) is 48.5 Å². The summed E-state index contributed by atoms with van der Waals surface area (Å²) in [6.45, 7) is 9.88. The lowest BCUT2D eigenvalue weighted by Crippen LogP contribution is -2.32. The van der Waals surface area contributed by atoms with Gasteiger partial charge in [-0.15, -0.1) is 0 Å². The highest BCUT2D eigenvalue weighted by Gasteiger charge is 2.15. The molecule has 1 aromatic heterocycles. The van der Waals surface area contributed by atoms with E-state index in [9.17, 15) is 4.79 Å². The van der Waals surface area contributed by atoms with Crippen LogP contribution in [-0.2, 0) is 0 Å². The molecule has 0 spiro atoms. The Labute approximate surface area is 128 Å². The number of unbranched alkanes of at least 4 members (excludes halogenated alkanes) is 1. The van der Waals surface area contributed by atoms with E-state index in [2.05, 4.69) is 16.8 Å². The minimum Gasteiger partial charge on any atom is -0.370 e. The van der Waals surface area contributed by atoms with Gasteiger partial charge in [0.25, 0.3) is 5.91 Å². The van der Waals surface area contributed by atoms with Crippen molar-refractivity contribution < 1.29 is 4.79 Å². The van der Waals surface area contributed by atoms with Crippen LogP contribution in [0.15, 0.2) is 18.3 Å². The molecule has 1 heterocycles. The van der Waals surface area contributed by atoms with Gasteiger partial charge >= 0.3 is 0 Å². The maximum Gasteiger partial charge on any atom is 0.272 e. The van der Waals surface area contributed by atoms with Gasteiger partial charge in [0.1, 0.15) is 5.69 Å². The van der Waals surface area contributed by atoms with Crippen LogP contribution in [0, 0.1) is 0 Å². The van der Waals surface area contributed by atoms with Crippen LogP contribution in [0.4, 0.5) is 5.69 Å². The first kappa shape index (κ1) is 17.4. The maximum atomic E-state index is 12.4. The molecule has 0 radical (unpaired) electrons. The monoisotopic (exact) mass is 292 g/mol. The second-order valence-corrected chi connectivity index (χ2v) is 5.01. The minimum atomic E-state index is -0.00922. The Morgan fingerprint density at radius 2 is 1.95 bits per heavy atom. The highest BCUT2D eigenvalue weighted by molar-refractivity contribution is 5.93. The first-order valence-electron chi connectivity index (χ1n) is 7.88. The molecule has 0 aromatic carbocycles. The molecule has 21 heavy (non-hydrogen) atoms. The molecule has 0 aliphatic carbocycles. The van der Waals surface area contributed by atoms with Gasteiger partial charge < -0.3 is 15.5 Å². The Hall–Kier alpha value is -1.62. The molecule has 0 saturated heterocycles. The average molecular weight is 292 g/mol. The number of carbonyl (C=O) groups is 1. The number of hydrogen-bond acceptors (Lipinski definition) is 4. The predicted molar refractivity (Wildman–Crippen MR) is 87.7 cm³/mol. The van der Waals surface area contributed by atoms with Crippen LogP contribution in [0.1, 0.15) is 44.1 Å². The third kappa shape index (κ3) is 5.01. The van der Waals surface area contributed by atoms with Crippen LogP contribution in [0.3, 0.4) is 0 Å². The van der Waals surface area contributed by atoms with Gasteiger partial charge in [-0.25, -0.2) is 0 Å². The van der Waals surface area contributed by atoms with Crippen LogP contribution in [0.25, 0.3) is 0 Å². The fourth-order valence-electron chi connectivity index (χ4n) is 2.28. The van der Waals surface area contributed by atoms with Gasteiger partial charge in [-0.1, -0.05) is 13.3 Å². The summed E-state index contributed by atoms with van der Waals surface area (Å²) in [5, 5.41) is 0. The lowest BCUT2D eigenvalue weighted by Gasteiger charge is -2.25. The van der Waals surface area contributed by atoms with Gasteiger partial charge in [-0.05, 0) is 32.4 Å². The largest absolute Gasteiger partial charge is 0.370 e. The molecule has 1 rings (SSSR count). The van der Waals surface area contributed by atoms with Crippen LogP contribution >= 0.6 is 0 Å². The first-order valence-corrected chi connectivity index (χ1v) is 7.88. The zero-order valence-corrected chi connectivity index (χ0v) is 13.5. The highest BCUT2D eigenvalue weighted by atomic mass is 16.2. The Morgan fingerprint density at radius 1 is 1.24 bits per heavy atom. The van der Waals surface area contributed by atoms with Crippen LogP contribution in [0.5, 0.6) is 0 Å². The lowest BCUT2D eigenvalue weighted by molar-refractivity contribution is 0.0767. The summed E-state index contributed by atoms with van der Waals surface area (Å²) in [4.78, 5) is 20.6. The molecule has 0 unspecified atom stereocenters. The molecule has 0 bridgehead atoms. The number of rotatable bonds is 9.